The lowest BCUT2D eigenvalue weighted by Gasteiger charge is -2.23. The number of hydrogen-bond donors (Lipinski definition) is 2. The first-order valence-corrected chi connectivity index (χ1v) is 13.5. The molecule has 38 heavy (non-hydrogen) atoms. The van der Waals surface area contributed by atoms with Gasteiger partial charge in [0.2, 0.25) is 5.91 Å². The number of pyridine rings is 1. The number of ether oxygens (including phenoxy) is 1. The van der Waals surface area contributed by atoms with Gasteiger partial charge in [0.25, 0.3) is 0 Å². The summed E-state index contributed by atoms with van der Waals surface area (Å²) in [6.45, 7) is 0.435. The van der Waals surface area contributed by atoms with Gasteiger partial charge in [0.15, 0.2) is 5.82 Å². The zero-order valence-corrected chi connectivity index (χ0v) is 21.9. The quantitative estimate of drug-likeness (QED) is 0.262. The number of anilines is 1. The first-order valence-electron chi connectivity index (χ1n) is 13.5. The topological polar surface area (TPSA) is 103 Å². The predicted octanol–water partition coefficient (Wildman–Crippen LogP) is 6.24. The van der Waals surface area contributed by atoms with Crippen molar-refractivity contribution in [3.8, 4) is 28.3 Å². The van der Waals surface area contributed by atoms with Crippen LogP contribution in [0.4, 0.5) is 5.82 Å². The highest BCUT2D eigenvalue weighted by molar-refractivity contribution is 5.94. The van der Waals surface area contributed by atoms with Crippen molar-refractivity contribution in [3.63, 3.8) is 0 Å². The minimum absolute atomic E-state index is 0.259. The van der Waals surface area contributed by atoms with Gasteiger partial charge in [0.05, 0.1) is 18.5 Å². The molecule has 0 saturated heterocycles. The number of nitrogens with two attached hydrogens (primary N) is 1. The lowest BCUT2D eigenvalue weighted by Crippen LogP contribution is -2.30. The molecule has 0 spiro atoms. The van der Waals surface area contributed by atoms with E-state index in [9.17, 15) is 4.79 Å². The summed E-state index contributed by atoms with van der Waals surface area (Å²) in [6.07, 6.45) is 11.8. The number of rotatable bonds is 10. The summed E-state index contributed by atoms with van der Waals surface area (Å²) in [5.41, 5.74) is 9.55. The molecule has 1 amide bonds. The fraction of sp³-hybridized carbons (Fsp3) is 0.355. The maximum absolute atomic E-state index is 12.4. The van der Waals surface area contributed by atoms with Crippen LogP contribution in [0.2, 0.25) is 0 Å². The zero-order valence-electron chi connectivity index (χ0n) is 21.9. The first-order chi connectivity index (χ1) is 18.6. The zero-order chi connectivity index (χ0) is 26.3. The third kappa shape index (κ3) is 6.10. The van der Waals surface area contributed by atoms with Crippen LogP contribution in [0.3, 0.4) is 0 Å². The van der Waals surface area contributed by atoms with Crippen molar-refractivity contribution in [1.29, 1.82) is 0 Å². The highest BCUT2D eigenvalue weighted by Crippen LogP contribution is 2.32. The Hall–Kier alpha value is -4.00. The van der Waals surface area contributed by atoms with Crippen LogP contribution >= 0.6 is 0 Å². The largest absolute Gasteiger partial charge is 0.497 e. The maximum atomic E-state index is 12.4. The van der Waals surface area contributed by atoms with Crippen molar-refractivity contribution in [2.45, 2.75) is 44.9 Å². The Kier molecular flexibility index (Phi) is 8.12. The molecule has 196 valence electrons. The standard InChI is InChI=1S/C31H35N5O2/c1-38-26-11-5-9-22(17-26)23-14-15-28-27(18-23)31(36-30(35-28)25-10-6-16-33-19-25)34-20-24(29(32)37)13-12-21-7-3-2-4-8-21/h5-6,9-11,14-19,21,24H,2-4,7-8,12-13,20H2,1H3,(H2,32,37)(H,34,35,36). The van der Waals surface area contributed by atoms with Crippen LogP contribution in [0.1, 0.15) is 44.9 Å². The van der Waals surface area contributed by atoms with E-state index in [1.54, 1.807) is 19.5 Å². The van der Waals surface area contributed by atoms with E-state index in [2.05, 4.69) is 28.5 Å². The fourth-order valence-electron chi connectivity index (χ4n) is 5.35. The first kappa shape index (κ1) is 25.6. The van der Waals surface area contributed by atoms with Crippen LogP contribution in [-0.4, -0.2) is 34.5 Å². The Morgan fingerprint density at radius 3 is 2.61 bits per heavy atom. The molecule has 1 aliphatic rings. The maximum Gasteiger partial charge on any atom is 0.222 e. The number of hydrogen-bond acceptors (Lipinski definition) is 6. The number of nitrogens with one attached hydrogen (secondary N) is 1. The van der Waals surface area contributed by atoms with Gasteiger partial charge >= 0.3 is 0 Å². The molecule has 4 aromatic rings. The molecule has 0 radical (unpaired) electrons. The van der Waals surface area contributed by atoms with Crippen LogP contribution in [0, 0.1) is 11.8 Å². The second-order valence-electron chi connectivity index (χ2n) is 10.2. The van der Waals surface area contributed by atoms with E-state index < -0.39 is 0 Å². The van der Waals surface area contributed by atoms with Crippen molar-refractivity contribution in [2.75, 3.05) is 19.0 Å². The third-order valence-electron chi connectivity index (χ3n) is 7.58. The number of aromatic nitrogens is 3. The van der Waals surface area contributed by atoms with Gasteiger partial charge in [-0.05, 0) is 66.3 Å². The number of nitrogens with zero attached hydrogens (tertiary/aromatic N) is 3. The molecular formula is C31H35N5O2. The lowest BCUT2D eigenvalue weighted by atomic mass is 9.84. The number of methoxy groups -OCH3 is 1. The van der Waals surface area contributed by atoms with E-state index in [-0.39, 0.29) is 11.8 Å². The summed E-state index contributed by atoms with van der Waals surface area (Å²) in [6, 6.07) is 17.9. The molecule has 5 rings (SSSR count). The van der Waals surface area contributed by atoms with Crippen LogP contribution in [-0.2, 0) is 4.79 Å². The van der Waals surface area contributed by atoms with Crippen LogP contribution in [0.5, 0.6) is 5.75 Å². The molecule has 7 nitrogen and oxygen atoms in total. The molecule has 1 unspecified atom stereocenters. The molecule has 1 saturated carbocycles. The van der Waals surface area contributed by atoms with E-state index in [1.807, 2.05) is 36.4 Å². The number of fused-ring (bicyclic) bond motifs is 1. The average molecular weight is 510 g/mol. The molecule has 2 aromatic carbocycles. The summed E-state index contributed by atoms with van der Waals surface area (Å²) in [4.78, 5) is 26.3. The minimum atomic E-state index is -0.267. The fourth-order valence-corrected chi connectivity index (χ4v) is 5.35. The summed E-state index contributed by atoms with van der Waals surface area (Å²) < 4.78 is 5.42. The van der Waals surface area contributed by atoms with Gasteiger partial charge in [-0.25, -0.2) is 9.97 Å². The van der Waals surface area contributed by atoms with Crippen molar-refractivity contribution < 1.29 is 9.53 Å². The Bertz CT molecular complexity index is 1390. The van der Waals surface area contributed by atoms with E-state index in [0.29, 0.717) is 24.1 Å². The molecule has 1 aliphatic carbocycles. The van der Waals surface area contributed by atoms with Crippen molar-refractivity contribution in [2.24, 2.45) is 17.6 Å². The highest BCUT2D eigenvalue weighted by Gasteiger charge is 2.21. The van der Waals surface area contributed by atoms with Crippen molar-refractivity contribution in [1.82, 2.24) is 15.0 Å². The highest BCUT2D eigenvalue weighted by atomic mass is 16.5. The van der Waals surface area contributed by atoms with Crippen LogP contribution < -0.4 is 15.8 Å². The number of carbonyl (C=O) groups is 1. The van der Waals surface area contributed by atoms with Gasteiger partial charge in [0, 0.05) is 29.9 Å². The number of carbonyl (C=O) groups excluding carboxylic acids is 1. The van der Waals surface area contributed by atoms with Gasteiger partial charge in [-0.2, -0.15) is 0 Å². The molecular weight excluding hydrogens is 474 g/mol. The van der Waals surface area contributed by atoms with Crippen LogP contribution in [0.25, 0.3) is 33.4 Å². The molecule has 3 N–H and O–H groups in total. The number of benzene rings is 2. The normalized spacial score (nSPS) is 14.8. The second kappa shape index (κ2) is 12.0. The monoisotopic (exact) mass is 509 g/mol. The molecule has 2 aromatic heterocycles. The molecule has 0 aliphatic heterocycles. The van der Waals surface area contributed by atoms with Gasteiger partial charge < -0.3 is 15.8 Å². The van der Waals surface area contributed by atoms with Gasteiger partial charge in [0.1, 0.15) is 11.6 Å². The second-order valence-corrected chi connectivity index (χ2v) is 10.2. The van der Waals surface area contributed by atoms with E-state index >= 15 is 0 Å². The lowest BCUT2D eigenvalue weighted by molar-refractivity contribution is -0.121. The summed E-state index contributed by atoms with van der Waals surface area (Å²) >= 11 is 0. The molecule has 2 heterocycles. The van der Waals surface area contributed by atoms with Crippen molar-refractivity contribution in [3.05, 3.63) is 67.0 Å². The summed E-state index contributed by atoms with van der Waals surface area (Å²) in [7, 11) is 1.67. The minimum Gasteiger partial charge on any atom is -0.497 e. The Morgan fingerprint density at radius 2 is 1.84 bits per heavy atom. The Balaban J connectivity index is 1.46. The molecule has 0 bridgehead atoms. The predicted molar refractivity (Wildman–Crippen MR) is 152 cm³/mol. The van der Waals surface area contributed by atoms with E-state index in [0.717, 1.165) is 46.2 Å². The summed E-state index contributed by atoms with van der Waals surface area (Å²) in [5, 5.41) is 4.35. The Morgan fingerprint density at radius 1 is 1.03 bits per heavy atom. The average Bonchev–Trinajstić information content (AvgIpc) is 2.97. The Labute approximate surface area is 223 Å². The smallest absolute Gasteiger partial charge is 0.222 e. The third-order valence-corrected chi connectivity index (χ3v) is 7.58. The number of amides is 1. The molecule has 1 atom stereocenters. The van der Waals surface area contributed by atoms with Crippen molar-refractivity contribution >= 4 is 22.6 Å². The van der Waals surface area contributed by atoms with Crippen LogP contribution in [0.15, 0.2) is 67.0 Å². The SMILES string of the molecule is COc1cccc(-c2ccc3nc(-c4cccnc4)nc(NCC(CCC4CCCCC4)C(N)=O)c3c2)c1. The van der Waals surface area contributed by atoms with Gasteiger partial charge in [-0.1, -0.05) is 50.3 Å². The van der Waals surface area contributed by atoms with Gasteiger partial charge in [-0.15, -0.1) is 0 Å². The van der Waals surface area contributed by atoms with E-state index in [4.69, 9.17) is 20.4 Å². The summed E-state index contributed by atoms with van der Waals surface area (Å²) in [5.74, 6) is 2.24. The number of primary amides is 1. The molecule has 7 heteroatoms. The van der Waals surface area contributed by atoms with E-state index in [1.165, 1.54) is 32.1 Å². The van der Waals surface area contributed by atoms with Gasteiger partial charge in [-0.3, -0.25) is 9.78 Å². The molecule has 1 fully saturated rings.